The smallest absolute Gasteiger partial charge is 0.378 e. The second-order valence-electron chi connectivity index (χ2n) is 2.94. The van der Waals surface area contributed by atoms with E-state index in [1.165, 1.54) is 30.3 Å². The Bertz CT molecular complexity index is 640. The first kappa shape index (κ1) is 14.3. The molecule has 1 aromatic carbocycles. The molecule has 0 N–H and O–H groups in total. The monoisotopic (exact) mass is 290 g/mol. The topological polar surface area (TPSA) is 86.7 Å². The maximum atomic E-state index is 11.4. The van der Waals surface area contributed by atoms with Crippen LogP contribution in [0.15, 0.2) is 43.7 Å². The summed E-state index contributed by atoms with van der Waals surface area (Å²) in [5, 5.41) is 0. The van der Waals surface area contributed by atoms with Gasteiger partial charge in [0.2, 0.25) is 0 Å². The van der Waals surface area contributed by atoms with Crippen LogP contribution in [-0.4, -0.2) is 16.8 Å². The van der Waals surface area contributed by atoms with Crippen LogP contribution in [0, 0.1) is 0 Å². The van der Waals surface area contributed by atoms with E-state index in [4.69, 9.17) is 0 Å². The lowest BCUT2D eigenvalue weighted by Gasteiger charge is -2.06. The predicted octanol–water partition coefficient (Wildman–Crippen LogP) is 1.44. The summed E-state index contributed by atoms with van der Waals surface area (Å²) in [5.41, 5.74) is 0.727. The molecule has 18 heavy (non-hydrogen) atoms. The van der Waals surface area contributed by atoms with Gasteiger partial charge in [-0.05, 0) is 17.7 Å². The molecule has 8 heteroatoms. The van der Waals surface area contributed by atoms with Gasteiger partial charge in [0.05, 0.1) is 0 Å². The van der Waals surface area contributed by atoms with Crippen molar-refractivity contribution in [1.82, 2.24) is 0 Å². The van der Waals surface area contributed by atoms with Gasteiger partial charge in [-0.1, -0.05) is 31.4 Å². The molecule has 0 spiro atoms. The van der Waals surface area contributed by atoms with Crippen LogP contribution < -0.4 is 4.18 Å². The van der Waals surface area contributed by atoms with Gasteiger partial charge in [-0.2, -0.15) is 16.8 Å². The van der Waals surface area contributed by atoms with E-state index in [0.29, 0.717) is 6.26 Å². The van der Waals surface area contributed by atoms with E-state index >= 15 is 0 Å². The minimum absolute atomic E-state index is 0.156. The van der Waals surface area contributed by atoms with Gasteiger partial charge in [0.25, 0.3) is 0 Å². The highest BCUT2D eigenvalue weighted by atomic mass is 33.2. The van der Waals surface area contributed by atoms with Crippen molar-refractivity contribution < 1.29 is 25.2 Å². The molecule has 0 aliphatic heterocycles. The molecule has 98 valence electrons. The van der Waals surface area contributed by atoms with Gasteiger partial charge in [-0.25, -0.2) is 0 Å². The summed E-state index contributed by atoms with van der Waals surface area (Å²) in [7, 11) is -9.85. The fourth-order valence-corrected chi connectivity index (χ4v) is 2.58. The summed E-state index contributed by atoms with van der Waals surface area (Å²) in [5.74, 6) is -0.156. The van der Waals surface area contributed by atoms with Crippen molar-refractivity contribution in [2.45, 2.75) is 0 Å². The van der Waals surface area contributed by atoms with Crippen LogP contribution in [0.5, 0.6) is 5.75 Å². The Hall–Kier alpha value is -1.80. The zero-order chi connectivity index (χ0) is 13.8. The molecule has 0 saturated heterocycles. The summed E-state index contributed by atoms with van der Waals surface area (Å²) in [4.78, 5) is 0. The molecule has 1 rings (SSSR count). The van der Waals surface area contributed by atoms with Gasteiger partial charge in [-0.15, -0.1) is 0 Å². The summed E-state index contributed by atoms with van der Waals surface area (Å²) in [6.45, 7) is 6.47. The molecule has 0 bridgehead atoms. The van der Waals surface area contributed by atoms with Crippen LogP contribution in [-0.2, 0) is 22.5 Å². The number of hydrogen-bond acceptors (Lipinski definition) is 6. The van der Waals surface area contributed by atoms with Crippen LogP contribution in [0.1, 0.15) is 5.56 Å². The standard InChI is InChI=1S/C10H10O6S2/c1-3-9-5-7-10(8-6-9)16-18(13,14)17(11,12)15-4-2/h3-8H,1-2H2. The second kappa shape index (κ2) is 5.23. The lowest BCUT2D eigenvalue weighted by Crippen LogP contribution is -2.21. The van der Waals surface area contributed by atoms with Crippen LogP contribution in [0.3, 0.4) is 0 Å². The summed E-state index contributed by atoms with van der Waals surface area (Å²) in [6.07, 6.45) is 2.02. The van der Waals surface area contributed by atoms with Gasteiger partial charge < -0.3 is 8.37 Å². The summed E-state index contributed by atoms with van der Waals surface area (Å²) in [6, 6.07) is 5.60. The van der Waals surface area contributed by atoms with Gasteiger partial charge in [0.1, 0.15) is 12.0 Å². The molecule has 0 aromatic heterocycles. The molecule has 0 amide bonds. The molecule has 0 heterocycles. The molecule has 0 aliphatic carbocycles. The molecule has 6 nitrogen and oxygen atoms in total. The first-order chi connectivity index (χ1) is 8.32. The van der Waals surface area contributed by atoms with Crippen LogP contribution in [0.2, 0.25) is 0 Å². The Kier molecular flexibility index (Phi) is 4.15. The molecule has 1 aromatic rings. The quantitative estimate of drug-likeness (QED) is 0.582. The third-order valence-corrected chi connectivity index (χ3v) is 4.96. The molecule has 0 radical (unpaired) electrons. The fraction of sp³-hybridized carbons (Fsp3) is 0. The fourth-order valence-electron chi connectivity index (χ4n) is 0.950. The van der Waals surface area contributed by atoms with E-state index < -0.39 is 18.3 Å². The lowest BCUT2D eigenvalue weighted by molar-refractivity contribution is 0.439. The van der Waals surface area contributed by atoms with Crippen molar-refractivity contribution in [2.75, 3.05) is 0 Å². The van der Waals surface area contributed by atoms with Crippen molar-refractivity contribution >= 4 is 24.4 Å². The van der Waals surface area contributed by atoms with E-state index in [-0.39, 0.29) is 5.75 Å². The normalized spacial score (nSPS) is 11.6. The molecular weight excluding hydrogens is 280 g/mol. The van der Waals surface area contributed by atoms with Crippen LogP contribution >= 0.6 is 0 Å². The largest absolute Gasteiger partial charge is 0.454 e. The van der Waals surface area contributed by atoms with E-state index in [0.717, 1.165) is 5.56 Å². The van der Waals surface area contributed by atoms with Gasteiger partial charge in [0, 0.05) is 0 Å². The van der Waals surface area contributed by atoms with Crippen molar-refractivity contribution in [3.05, 3.63) is 49.2 Å². The average Bonchev–Trinajstić information content (AvgIpc) is 2.29. The van der Waals surface area contributed by atoms with E-state index in [1.807, 2.05) is 0 Å². The molecule has 0 fully saturated rings. The Morgan fingerprint density at radius 1 is 0.944 bits per heavy atom. The molecule has 0 unspecified atom stereocenters. The molecule has 0 saturated carbocycles. The number of benzene rings is 1. The van der Waals surface area contributed by atoms with Gasteiger partial charge in [-0.3, -0.25) is 0 Å². The summed E-state index contributed by atoms with van der Waals surface area (Å²) >= 11 is 0. The number of rotatable bonds is 6. The minimum Gasteiger partial charge on any atom is -0.378 e. The Balaban J connectivity index is 3.02. The Labute approximate surface area is 105 Å². The lowest BCUT2D eigenvalue weighted by atomic mass is 10.2. The minimum atomic E-state index is -4.94. The average molecular weight is 290 g/mol. The zero-order valence-corrected chi connectivity index (χ0v) is 10.8. The van der Waals surface area contributed by atoms with E-state index in [9.17, 15) is 16.8 Å². The van der Waals surface area contributed by atoms with Gasteiger partial charge >= 0.3 is 18.3 Å². The molecule has 0 atom stereocenters. The Morgan fingerprint density at radius 2 is 1.50 bits per heavy atom. The van der Waals surface area contributed by atoms with E-state index in [2.05, 4.69) is 21.5 Å². The highest BCUT2D eigenvalue weighted by molar-refractivity contribution is 8.63. The van der Waals surface area contributed by atoms with Crippen molar-refractivity contribution in [1.29, 1.82) is 0 Å². The molecular formula is C10H10O6S2. The zero-order valence-electron chi connectivity index (χ0n) is 9.14. The predicted molar refractivity (Wildman–Crippen MR) is 66.3 cm³/mol. The Morgan fingerprint density at radius 3 is 1.94 bits per heavy atom. The first-order valence-electron chi connectivity index (χ1n) is 4.53. The van der Waals surface area contributed by atoms with Crippen molar-refractivity contribution in [3.63, 3.8) is 0 Å². The maximum absolute atomic E-state index is 11.4. The second-order valence-corrected chi connectivity index (χ2v) is 7.38. The van der Waals surface area contributed by atoms with Gasteiger partial charge in [0.15, 0.2) is 0 Å². The highest BCUT2D eigenvalue weighted by Crippen LogP contribution is 2.18. The molecule has 0 aliphatic rings. The number of hydrogen-bond donors (Lipinski definition) is 0. The SMILES string of the molecule is C=COS(=O)(=O)S(=O)(=O)Oc1ccc(C=C)cc1. The third kappa shape index (κ3) is 3.11. The van der Waals surface area contributed by atoms with Crippen molar-refractivity contribution in [2.24, 2.45) is 0 Å². The van der Waals surface area contributed by atoms with E-state index in [1.54, 1.807) is 0 Å². The first-order valence-corrected chi connectivity index (χ1v) is 7.87. The third-order valence-electron chi connectivity index (χ3n) is 1.75. The van der Waals surface area contributed by atoms with Crippen molar-refractivity contribution in [3.8, 4) is 5.75 Å². The van der Waals surface area contributed by atoms with Crippen LogP contribution in [0.4, 0.5) is 0 Å². The maximum Gasteiger partial charge on any atom is 0.454 e. The highest BCUT2D eigenvalue weighted by Gasteiger charge is 2.33. The van der Waals surface area contributed by atoms with Crippen LogP contribution in [0.25, 0.3) is 6.08 Å². The summed E-state index contributed by atoms with van der Waals surface area (Å²) < 4.78 is 53.4.